The Morgan fingerprint density at radius 1 is 1.22 bits per heavy atom. The zero-order valence-electron chi connectivity index (χ0n) is 10.9. The largest absolute Gasteiger partial charge is 0.384 e. The van der Waals surface area contributed by atoms with E-state index in [2.05, 4.69) is 34.6 Å². The molecule has 0 unspecified atom stereocenters. The Labute approximate surface area is 113 Å². The third-order valence-electron chi connectivity index (χ3n) is 3.24. The lowest BCUT2D eigenvalue weighted by Gasteiger charge is -2.33. The summed E-state index contributed by atoms with van der Waals surface area (Å²) in [6.45, 7) is 9.02. The number of hydrogen-bond acceptors (Lipinski definition) is 4. The molecule has 3 nitrogen and oxygen atoms in total. The van der Waals surface area contributed by atoms with Crippen molar-refractivity contribution in [1.29, 1.82) is 0 Å². The zero-order chi connectivity index (χ0) is 12.8. The molecule has 0 radical (unpaired) electrons. The molecule has 0 saturated carbocycles. The van der Waals surface area contributed by atoms with Crippen molar-refractivity contribution in [2.45, 2.75) is 13.5 Å². The van der Waals surface area contributed by atoms with Crippen LogP contribution in [0.15, 0.2) is 12.1 Å². The van der Waals surface area contributed by atoms with Gasteiger partial charge in [-0.1, -0.05) is 18.8 Å². The van der Waals surface area contributed by atoms with E-state index in [1.165, 1.54) is 18.0 Å². The Hall–Kier alpha value is -0.860. The normalized spacial score (nSPS) is 17.4. The lowest BCUT2D eigenvalue weighted by atomic mass is 10.3. The van der Waals surface area contributed by atoms with Crippen LogP contribution in [0, 0.1) is 11.8 Å². The van der Waals surface area contributed by atoms with Crippen molar-refractivity contribution in [2.75, 3.05) is 39.3 Å². The van der Waals surface area contributed by atoms with Crippen molar-refractivity contribution in [3.8, 4) is 11.8 Å². The second-order valence-corrected chi connectivity index (χ2v) is 5.60. The van der Waals surface area contributed by atoms with Gasteiger partial charge in [-0.2, -0.15) is 0 Å². The number of thiophene rings is 1. The van der Waals surface area contributed by atoms with Gasteiger partial charge < -0.3 is 10.0 Å². The first kappa shape index (κ1) is 13.6. The molecule has 98 valence electrons. The van der Waals surface area contributed by atoms with Gasteiger partial charge in [0.15, 0.2) is 0 Å². The van der Waals surface area contributed by atoms with E-state index in [9.17, 15) is 0 Å². The van der Waals surface area contributed by atoms with E-state index in [-0.39, 0.29) is 6.61 Å². The van der Waals surface area contributed by atoms with Gasteiger partial charge in [0.2, 0.25) is 0 Å². The van der Waals surface area contributed by atoms with Gasteiger partial charge in [0.25, 0.3) is 0 Å². The number of rotatable bonds is 3. The van der Waals surface area contributed by atoms with Gasteiger partial charge in [-0.3, -0.25) is 4.90 Å². The molecule has 1 aromatic heterocycles. The Balaban J connectivity index is 1.85. The minimum Gasteiger partial charge on any atom is -0.384 e. The molecular weight excluding hydrogens is 244 g/mol. The summed E-state index contributed by atoms with van der Waals surface area (Å²) < 4.78 is 0. The predicted octanol–water partition coefficient (Wildman–Crippen LogP) is 1.23. The van der Waals surface area contributed by atoms with Gasteiger partial charge in [0.05, 0.1) is 4.88 Å². The van der Waals surface area contributed by atoms with Crippen LogP contribution in [0.1, 0.15) is 16.7 Å². The van der Waals surface area contributed by atoms with Crippen LogP contribution < -0.4 is 0 Å². The zero-order valence-corrected chi connectivity index (χ0v) is 11.7. The quantitative estimate of drug-likeness (QED) is 0.832. The van der Waals surface area contributed by atoms with Crippen LogP contribution >= 0.6 is 11.3 Å². The van der Waals surface area contributed by atoms with Crippen LogP contribution in [0.2, 0.25) is 0 Å². The van der Waals surface area contributed by atoms with Crippen molar-refractivity contribution in [2.24, 2.45) is 0 Å². The Morgan fingerprint density at radius 3 is 2.61 bits per heavy atom. The number of piperazine rings is 1. The first-order valence-electron chi connectivity index (χ1n) is 6.45. The Bertz CT molecular complexity index is 424. The fourth-order valence-corrected chi connectivity index (χ4v) is 3.07. The average Bonchev–Trinajstić information content (AvgIpc) is 2.85. The lowest BCUT2D eigenvalue weighted by Crippen LogP contribution is -2.45. The minimum absolute atomic E-state index is 0.0633. The van der Waals surface area contributed by atoms with Crippen LogP contribution in [-0.2, 0) is 6.54 Å². The molecular formula is C14H20N2OS. The summed E-state index contributed by atoms with van der Waals surface area (Å²) in [5.41, 5.74) is 0. The van der Waals surface area contributed by atoms with Gasteiger partial charge in [-0.15, -0.1) is 11.3 Å². The van der Waals surface area contributed by atoms with E-state index in [1.54, 1.807) is 11.3 Å². The molecule has 2 heterocycles. The SMILES string of the molecule is CCN1CCN(Cc2ccc(C#CCO)s2)CC1. The van der Waals surface area contributed by atoms with Crippen LogP contribution in [0.3, 0.4) is 0 Å². The first-order valence-corrected chi connectivity index (χ1v) is 7.26. The second-order valence-electron chi connectivity index (χ2n) is 4.44. The highest BCUT2D eigenvalue weighted by molar-refractivity contribution is 7.12. The van der Waals surface area contributed by atoms with Crippen LogP contribution in [0.5, 0.6) is 0 Å². The highest BCUT2D eigenvalue weighted by Gasteiger charge is 2.15. The molecule has 1 saturated heterocycles. The highest BCUT2D eigenvalue weighted by Crippen LogP contribution is 2.18. The minimum atomic E-state index is -0.0633. The molecule has 1 aromatic rings. The molecule has 0 aliphatic carbocycles. The van der Waals surface area contributed by atoms with Crippen molar-refractivity contribution in [3.05, 3.63) is 21.9 Å². The molecule has 0 amide bonds. The van der Waals surface area contributed by atoms with Crippen LogP contribution in [-0.4, -0.2) is 54.2 Å². The molecule has 2 rings (SSSR count). The van der Waals surface area contributed by atoms with Gasteiger partial charge in [-0.05, 0) is 18.7 Å². The molecule has 1 aliphatic heterocycles. The van der Waals surface area contributed by atoms with Crippen LogP contribution in [0.25, 0.3) is 0 Å². The van der Waals surface area contributed by atoms with Crippen molar-refractivity contribution in [1.82, 2.24) is 9.80 Å². The predicted molar refractivity (Wildman–Crippen MR) is 75.7 cm³/mol. The average molecular weight is 264 g/mol. The monoisotopic (exact) mass is 264 g/mol. The highest BCUT2D eigenvalue weighted by atomic mass is 32.1. The van der Waals surface area contributed by atoms with Crippen molar-refractivity contribution < 1.29 is 5.11 Å². The molecule has 0 spiro atoms. The van der Waals surface area contributed by atoms with Crippen molar-refractivity contribution >= 4 is 11.3 Å². The standard InChI is InChI=1S/C14H20N2OS/c1-2-15-7-9-16(10-8-15)12-14-6-5-13(18-14)4-3-11-17/h5-6,17H,2,7-12H2,1H3. The van der Waals surface area contributed by atoms with Gasteiger partial charge in [-0.25, -0.2) is 0 Å². The Morgan fingerprint density at radius 2 is 1.94 bits per heavy atom. The van der Waals surface area contributed by atoms with Crippen molar-refractivity contribution in [3.63, 3.8) is 0 Å². The second kappa shape index (κ2) is 6.91. The number of aliphatic hydroxyl groups is 1. The summed E-state index contributed by atoms with van der Waals surface area (Å²) in [6.07, 6.45) is 0. The summed E-state index contributed by atoms with van der Waals surface area (Å²) in [5.74, 6) is 5.65. The summed E-state index contributed by atoms with van der Waals surface area (Å²) >= 11 is 1.73. The maximum atomic E-state index is 8.66. The van der Waals surface area contributed by atoms with Crippen LogP contribution in [0.4, 0.5) is 0 Å². The molecule has 18 heavy (non-hydrogen) atoms. The molecule has 4 heteroatoms. The number of nitrogens with zero attached hydrogens (tertiary/aromatic N) is 2. The summed E-state index contributed by atoms with van der Waals surface area (Å²) in [4.78, 5) is 7.40. The van der Waals surface area contributed by atoms with E-state index in [4.69, 9.17) is 5.11 Å². The third kappa shape index (κ3) is 3.82. The molecule has 1 aliphatic rings. The summed E-state index contributed by atoms with van der Waals surface area (Å²) in [5, 5.41) is 8.66. The maximum Gasteiger partial charge on any atom is 0.104 e. The number of hydrogen-bond donors (Lipinski definition) is 1. The van der Waals surface area contributed by atoms with Gasteiger partial charge in [0.1, 0.15) is 6.61 Å². The Kier molecular flexibility index (Phi) is 5.21. The third-order valence-corrected chi connectivity index (χ3v) is 4.23. The maximum absolute atomic E-state index is 8.66. The summed E-state index contributed by atoms with van der Waals surface area (Å²) in [6, 6.07) is 4.20. The fourth-order valence-electron chi connectivity index (χ4n) is 2.14. The molecule has 1 fully saturated rings. The smallest absolute Gasteiger partial charge is 0.104 e. The van der Waals surface area contributed by atoms with E-state index >= 15 is 0 Å². The molecule has 0 aromatic carbocycles. The lowest BCUT2D eigenvalue weighted by molar-refractivity contribution is 0.133. The first-order chi connectivity index (χ1) is 8.81. The van der Waals surface area contributed by atoms with E-state index in [1.807, 2.05) is 6.07 Å². The molecule has 1 N–H and O–H groups in total. The van der Waals surface area contributed by atoms with E-state index < -0.39 is 0 Å². The van der Waals surface area contributed by atoms with Gasteiger partial charge in [0, 0.05) is 37.6 Å². The fraction of sp³-hybridized carbons (Fsp3) is 0.571. The number of aliphatic hydroxyl groups excluding tert-OH is 1. The van der Waals surface area contributed by atoms with E-state index in [0.717, 1.165) is 31.1 Å². The summed E-state index contributed by atoms with van der Waals surface area (Å²) in [7, 11) is 0. The molecule has 0 bridgehead atoms. The van der Waals surface area contributed by atoms with Gasteiger partial charge >= 0.3 is 0 Å². The molecule has 0 atom stereocenters. The number of likely N-dealkylation sites (N-methyl/N-ethyl adjacent to an activating group) is 1. The topological polar surface area (TPSA) is 26.7 Å². The van der Waals surface area contributed by atoms with E-state index in [0.29, 0.717) is 0 Å².